The van der Waals surface area contributed by atoms with Crippen LogP contribution in [0.4, 0.5) is 5.82 Å². The van der Waals surface area contributed by atoms with E-state index >= 15 is 0 Å². The van der Waals surface area contributed by atoms with E-state index in [1.165, 1.54) is 0 Å². The number of nitrogens with zero attached hydrogens (tertiary/aromatic N) is 3. The van der Waals surface area contributed by atoms with Crippen LogP contribution >= 0.6 is 0 Å². The zero-order valence-corrected chi connectivity index (χ0v) is 10.1. The number of aryl methyl sites for hydroxylation is 2. The van der Waals surface area contributed by atoms with Crippen LogP contribution in [0, 0.1) is 13.8 Å². The SMILES string of the molecule is CCC(C(=O)O)N(C)c1nc(C)cnc1C. The van der Waals surface area contributed by atoms with Crippen LogP contribution in [0.5, 0.6) is 0 Å². The molecule has 1 rings (SSSR count). The van der Waals surface area contributed by atoms with Crippen molar-refractivity contribution in [3.05, 3.63) is 17.6 Å². The van der Waals surface area contributed by atoms with Gasteiger partial charge in [0, 0.05) is 13.2 Å². The molecular formula is C11H17N3O2. The maximum absolute atomic E-state index is 11.1. The first-order chi connectivity index (χ1) is 7.47. The molecule has 0 aliphatic heterocycles. The minimum Gasteiger partial charge on any atom is -0.480 e. The smallest absolute Gasteiger partial charge is 0.326 e. The topological polar surface area (TPSA) is 66.3 Å². The Hall–Kier alpha value is -1.65. The summed E-state index contributed by atoms with van der Waals surface area (Å²) in [5, 5.41) is 9.08. The average molecular weight is 223 g/mol. The Morgan fingerprint density at radius 3 is 2.69 bits per heavy atom. The van der Waals surface area contributed by atoms with E-state index < -0.39 is 12.0 Å². The summed E-state index contributed by atoms with van der Waals surface area (Å²) < 4.78 is 0. The molecule has 0 radical (unpaired) electrons. The fourth-order valence-electron chi connectivity index (χ4n) is 1.62. The van der Waals surface area contributed by atoms with Gasteiger partial charge in [-0.25, -0.2) is 9.78 Å². The van der Waals surface area contributed by atoms with Crippen LogP contribution in [-0.2, 0) is 4.79 Å². The Kier molecular flexibility index (Phi) is 3.82. The van der Waals surface area contributed by atoms with Crippen LogP contribution in [0.2, 0.25) is 0 Å². The Balaban J connectivity index is 3.07. The first-order valence-corrected chi connectivity index (χ1v) is 5.23. The molecule has 1 atom stereocenters. The lowest BCUT2D eigenvalue weighted by molar-refractivity contribution is -0.138. The lowest BCUT2D eigenvalue weighted by Gasteiger charge is -2.25. The summed E-state index contributed by atoms with van der Waals surface area (Å²) in [6, 6.07) is -0.560. The molecule has 16 heavy (non-hydrogen) atoms. The fraction of sp³-hybridized carbons (Fsp3) is 0.545. The third-order valence-electron chi connectivity index (χ3n) is 2.52. The van der Waals surface area contributed by atoms with Crippen LogP contribution in [0.15, 0.2) is 6.20 Å². The highest BCUT2D eigenvalue weighted by atomic mass is 16.4. The normalized spacial score (nSPS) is 12.2. The van der Waals surface area contributed by atoms with E-state index in [-0.39, 0.29) is 0 Å². The molecule has 0 fully saturated rings. The standard InChI is InChI=1S/C11H17N3O2/c1-5-9(11(15)16)14(4)10-8(3)12-6-7(2)13-10/h6,9H,5H2,1-4H3,(H,15,16). The van der Waals surface area contributed by atoms with E-state index in [1.54, 1.807) is 18.1 Å². The largest absolute Gasteiger partial charge is 0.480 e. The predicted octanol–water partition coefficient (Wildman–Crippen LogP) is 1.39. The van der Waals surface area contributed by atoms with Crippen molar-refractivity contribution in [3.63, 3.8) is 0 Å². The van der Waals surface area contributed by atoms with Gasteiger partial charge in [0.25, 0.3) is 0 Å². The molecule has 0 bridgehead atoms. The van der Waals surface area contributed by atoms with Crippen molar-refractivity contribution >= 4 is 11.8 Å². The summed E-state index contributed by atoms with van der Waals surface area (Å²) in [4.78, 5) is 21.2. The number of rotatable bonds is 4. The molecule has 0 saturated carbocycles. The molecule has 5 heteroatoms. The van der Waals surface area contributed by atoms with Gasteiger partial charge in [-0.15, -0.1) is 0 Å². The molecule has 5 nitrogen and oxygen atoms in total. The van der Waals surface area contributed by atoms with Crippen molar-refractivity contribution in [2.24, 2.45) is 0 Å². The van der Waals surface area contributed by atoms with Gasteiger partial charge >= 0.3 is 5.97 Å². The summed E-state index contributed by atoms with van der Waals surface area (Å²) in [5.41, 5.74) is 1.53. The molecule has 0 aliphatic carbocycles. The van der Waals surface area contributed by atoms with Crippen molar-refractivity contribution in [1.82, 2.24) is 9.97 Å². The van der Waals surface area contributed by atoms with E-state index in [9.17, 15) is 4.79 Å². The van der Waals surface area contributed by atoms with Crippen molar-refractivity contribution in [3.8, 4) is 0 Å². The van der Waals surface area contributed by atoms with E-state index in [0.717, 1.165) is 11.4 Å². The number of carboxylic acids is 1. The second kappa shape index (κ2) is 4.92. The molecule has 0 saturated heterocycles. The molecular weight excluding hydrogens is 206 g/mol. The number of hydrogen-bond acceptors (Lipinski definition) is 4. The Morgan fingerprint density at radius 2 is 2.19 bits per heavy atom. The van der Waals surface area contributed by atoms with Crippen LogP contribution in [-0.4, -0.2) is 34.1 Å². The van der Waals surface area contributed by atoms with Crippen molar-refractivity contribution < 1.29 is 9.90 Å². The maximum atomic E-state index is 11.1. The highest BCUT2D eigenvalue weighted by Crippen LogP contribution is 2.17. The zero-order chi connectivity index (χ0) is 12.3. The minimum atomic E-state index is -0.840. The number of carboxylic acid groups (broad SMARTS) is 1. The fourth-order valence-corrected chi connectivity index (χ4v) is 1.62. The van der Waals surface area contributed by atoms with Crippen molar-refractivity contribution in [1.29, 1.82) is 0 Å². The molecule has 1 unspecified atom stereocenters. The monoisotopic (exact) mass is 223 g/mol. The predicted molar refractivity (Wildman–Crippen MR) is 61.6 cm³/mol. The number of aliphatic carboxylic acids is 1. The highest BCUT2D eigenvalue weighted by molar-refractivity contribution is 5.77. The molecule has 88 valence electrons. The summed E-state index contributed by atoms with van der Waals surface area (Å²) in [7, 11) is 1.73. The van der Waals surface area contributed by atoms with Gasteiger partial charge < -0.3 is 10.0 Å². The first kappa shape index (κ1) is 12.4. The van der Waals surface area contributed by atoms with E-state index in [4.69, 9.17) is 5.11 Å². The molecule has 0 aliphatic rings. The van der Waals surface area contributed by atoms with Gasteiger partial charge in [0.1, 0.15) is 6.04 Å². The van der Waals surface area contributed by atoms with Gasteiger partial charge in [-0.05, 0) is 20.3 Å². The number of hydrogen-bond donors (Lipinski definition) is 1. The second-order valence-corrected chi connectivity index (χ2v) is 3.79. The molecule has 0 amide bonds. The summed E-state index contributed by atoms with van der Waals surface area (Å²) in [6.45, 7) is 5.51. The molecule has 1 aromatic heterocycles. The van der Waals surface area contributed by atoms with E-state index in [0.29, 0.717) is 12.2 Å². The summed E-state index contributed by atoms with van der Waals surface area (Å²) in [5.74, 6) is -0.207. The summed E-state index contributed by atoms with van der Waals surface area (Å²) in [6.07, 6.45) is 2.20. The Labute approximate surface area is 95.1 Å². The molecule has 1 N–H and O–H groups in total. The third kappa shape index (κ3) is 2.48. The van der Waals surface area contributed by atoms with E-state index in [1.807, 2.05) is 20.8 Å². The molecule has 1 aromatic rings. The average Bonchev–Trinajstić information content (AvgIpc) is 2.22. The molecule has 1 heterocycles. The summed E-state index contributed by atoms with van der Waals surface area (Å²) >= 11 is 0. The second-order valence-electron chi connectivity index (χ2n) is 3.79. The van der Waals surface area contributed by atoms with Gasteiger partial charge in [0.15, 0.2) is 5.82 Å². The quantitative estimate of drug-likeness (QED) is 0.835. The van der Waals surface area contributed by atoms with Gasteiger partial charge in [-0.3, -0.25) is 4.98 Å². The number of aromatic nitrogens is 2. The highest BCUT2D eigenvalue weighted by Gasteiger charge is 2.23. The van der Waals surface area contributed by atoms with Crippen LogP contribution in [0.3, 0.4) is 0 Å². The first-order valence-electron chi connectivity index (χ1n) is 5.23. The number of carbonyl (C=O) groups is 1. The van der Waals surface area contributed by atoms with Gasteiger partial charge in [0.05, 0.1) is 11.4 Å². The lowest BCUT2D eigenvalue weighted by Crippen LogP contribution is -2.39. The number of anilines is 1. The maximum Gasteiger partial charge on any atom is 0.326 e. The van der Waals surface area contributed by atoms with Gasteiger partial charge in [-0.2, -0.15) is 0 Å². The van der Waals surface area contributed by atoms with E-state index in [2.05, 4.69) is 9.97 Å². The van der Waals surface area contributed by atoms with Gasteiger partial charge in [0.2, 0.25) is 0 Å². The zero-order valence-electron chi connectivity index (χ0n) is 10.1. The third-order valence-corrected chi connectivity index (χ3v) is 2.52. The van der Waals surface area contributed by atoms with Crippen LogP contribution in [0.1, 0.15) is 24.7 Å². The number of likely N-dealkylation sites (N-methyl/N-ethyl adjacent to an activating group) is 1. The Morgan fingerprint density at radius 1 is 1.56 bits per heavy atom. The van der Waals surface area contributed by atoms with Crippen LogP contribution in [0.25, 0.3) is 0 Å². The van der Waals surface area contributed by atoms with Gasteiger partial charge in [-0.1, -0.05) is 6.92 Å². The molecule has 0 aromatic carbocycles. The minimum absolute atomic E-state index is 0.529. The lowest BCUT2D eigenvalue weighted by atomic mass is 10.2. The molecule has 0 spiro atoms. The van der Waals surface area contributed by atoms with Crippen LogP contribution < -0.4 is 4.90 Å². The van der Waals surface area contributed by atoms with Crippen molar-refractivity contribution in [2.75, 3.05) is 11.9 Å². The Bertz CT molecular complexity index is 393. The van der Waals surface area contributed by atoms with Crippen molar-refractivity contribution in [2.45, 2.75) is 33.2 Å².